The summed E-state index contributed by atoms with van der Waals surface area (Å²) in [4.78, 5) is 10.8. The number of nitrogens with zero attached hydrogens (tertiary/aromatic N) is 3. The molecule has 1 atom stereocenters. The molecule has 0 aromatic heterocycles. The Hall–Kier alpha value is -3.58. The summed E-state index contributed by atoms with van der Waals surface area (Å²) in [5.74, 6) is 0. The van der Waals surface area contributed by atoms with Gasteiger partial charge in [-0.15, -0.1) is 5.11 Å². The lowest BCUT2D eigenvalue weighted by Gasteiger charge is -2.15. The van der Waals surface area contributed by atoms with E-state index in [-0.39, 0.29) is 23.3 Å². The summed E-state index contributed by atoms with van der Waals surface area (Å²) in [5, 5.41) is 32.2. The standard InChI is InChI=1S/C22H22N4O3/c1-16(14-15-27)23-20-7-3-4-8-21(20)25-24-18-12-10-17(11-13-18)19-6-2-5-9-22(19)26(28)29/h2-13,16,23,27H,14-15H2,1H3/b25-24+. The Morgan fingerprint density at radius 2 is 1.69 bits per heavy atom. The van der Waals surface area contributed by atoms with Gasteiger partial charge in [0, 0.05) is 18.7 Å². The number of para-hydroxylation sites is 2. The minimum absolute atomic E-state index is 0.0684. The Kier molecular flexibility index (Phi) is 6.65. The minimum Gasteiger partial charge on any atom is -0.396 e. The third kappa shape index (κ3) is 5.24. The Labute approximate surface area is 168 Å². The summed E-state index contributed by atoms with van der Waals surface area (Å²) in [6.45, 7) is 2.11. The molecule has 2 N–H and O–H groups in total. The van der Waals surface area contributed by atoms with E-state index in [9.17, 15) is 10.1 Å². The van der Waals surface area contributed by atoms with Crippen molar-refractivity contribution in [2.45, 2.75) is 19.4 Å². The highest BCUT2D eigenvalue weighted by molar-refractivity contribution is 5.74. The van der Waals surface area contributed by atoms with Gasteiger partial charge < -0.3 is 10.4 Å². The molecular formula is C22H22N4O3. The van der Waals surface area contributed by atoms with E-state index in [4.69, 9.17) is 5.11 Å². The van der Waals surface area contributed by atoms with Gasteiger partial charge in [0.25, 0.3) is 5.69 Å². The van der Waals surface area contributed by atoms with Crippen LogP contribution in [0.4, 0.5) is 22.7 Å². The molecule has 0 aliphatic carbocycles. The summed E-state index contributed by atoms with van der Waals surface area (Å²) < 4.78 is 0. The SMILES string of the molecule is CC(CCO)Nc1ccccc1/N=N/c1ccc(-c2ccccc2[N+](=O)[O-])cc1. The van der Waals surface area contributed by atoms with Crippen molar-refractivity contribution in [1.82, 2.24) is 0 Å². The second kappa shape index (κ2) is 9.57. The summed E-state index contributed by atoms with van der Waals surface area (Å²) in [7, 11) is 0. The number of nitrogens with one attached hydrogen (secondary N) is 1. The van der Waals surface area contributed by atoms with Crippen molar-refractivity contribution < 1.29 is 10.0 Å². The van der Waals surface area contributed by atoms with E-state index >= 15 is 0 Å². The van der Waals surface area contributed by atoms with Crippen molar-refractivity contribution in [2.24, 2.45) is 10.2 Å². The second-order valence-electron chi connectivity index (χ2n) is 6.60. The van der Waals surface area contributed by atoms with Crippen molar-refractivity contribution in [1.29, 1.82) is 0 Å². The number of anilines is 1. The van der Waals surface area contributed by atoms with E-state index in [2.05, 4.69) is 15.5 Å². The van der Waals surface area contributed by atoms with Crippen LogP contribution in [0.15, 0.2) is 83.0 Å². The van der Waals surface area contributed by atoms with Gasteiger partial charge in [-0.1, -0.05) is 36.4 Å². The molecule has 0 spiro atoms. The maximum absolute atomic E-state index is 11.2. The molecule has 3 aromatic rings. The molecule has 29 heavy (non-hydrogen) atoms. The third-order valence-corrected chi connectivity index (χ3v) is 4.42. The number of hydrogen-bond acceptors (Lipinski definition) is 6. The summed E-state index contributed by atoms with van der Waals surface area (Å²) in [6, 6.07) is 21.5. The number of nitro groups is 1. The first-order valence-corrected chi connectivity index (χ1v) is 9.30. The highest BCUT2D eigenvalue weighted by Crippen LogP contribution is 2.32. The van der Waals surface area contributed by atoms with E-state index in [1.165, 1.54) is 6.07 Å². The molecule has 3 rings (SSSR count). The second-order valence-corrected chi connectivity index (χ2v) is 6.60. The first-order chi connectivity index (χ1) is 14.1. The molecule has 0 amide bonds. The average molecular weight is 390 g/mol. The Morgan fingerprint density at radius 1 is 1.00 bits per heavy atom. The van der Waals surface area contributed by atoms with Gasteiger partial charge in [0.15, 0.2) is 0 Å². The summed E-state index contributed by atoms with van der Waals surface area (Å²) >= 11 is 0. The van der Waals surface area contributed by atoms with Crippen LogP contribution >= 0.6 is 0 Å². The van der Waals surface area contributed by atoms with Crippen LogP contribution in [-0.4, -0.2) is 22.7 Å². The fourth-order valence-electron chi connectivity index (χ4n) is 2.91. The summed E-state index contributed by atoms with van der Waals surface area (Å²) in [5.41, 5.74) is 3.56. The average Bonchev–Trinajstić information content (AvgIpc) is 2.73. The van der Waals surface area contributed by atoms with Gasteiger partial charge in [-0.25, -0.2) is 0 Å². The quantitative estimate of drug-likeness (QED) is 0.286. The molecule has 0 bridgehead atoms. The van der Waals surface area contributed by atoms with Crippen LogP contribution in [0.2, 0.25) is 0 Å². The number of nitro benzene ring substituents is 1. The topological polar surface area (TPSA) is 100 Å². The van der Waals surface area contributed by atoms with Gasteiger partial charge in [-0.3, -0.25) is 10.1 Å². The number of aliphatic hydroxyl groups excluding tert-OH is 1. The maximum Gasteiger partial charge on any atom is 0.277 e. The van der Waals surface area contributed by atoms with Gasteiger partial charge in [0.2, 0.25) is 0 Å². The molecule has 3 aromatic carbocycles. The lowest BCUT2D eigenvalue weighted by molar-refractivity contribution is -0.384. The highest BCUT2D eigenvalue weighted by Gasteiger charge is 2.13. The number of benzene rings is 3. The largest absolute Gasteiger partial charge is 0.396 e. The van der Waals surface area contributed by atoms with E-state index in [1.807, 2.05) is 31.2 Å². The lowest BCUT2D eigenvalue weighted by Crippen LogP contribution is -2.16. The van der Waals surface area contributed by atoms with Gasteiger partial charge in [-0.05, 0) is 49.2 Å². The number of aliphatic hydroxyl groups is 1. The zero-order valence-electron chi connectivity index (χ0n) is 16.0. The highest BCUT2D eigenvalue weighted by atomic mass is 16.6. The molecule has 0 aliphatic heterocycles. The first kappa shape index (κ1) is 20.2. The zero-order valence-corrected chi connectivity index (χ0v) is 16.0. The zero-order chi connectivity index (χ0) is 20.6. The van der Waals surface area contributed by atoms with Crippen LogP contribution in [0.5, 0.6) is 0 Å². The van der Waals surface area contributed by atoms with Gasteiger partial charge in [-0.2, -0.15) is 5.11 Å². The molecule has 0 heterocycles. The third-order valence-electron chi connectivity index (χ3n) is 4.42. The monoisotopic (exact) mass is 390 g/mol. The van der Waals surface area contributed by atoms with Crippen molar-refractivity contribution in [2.75, 3.05) is 11.9 Å². The molecule has 1 unspecified atom stereocenters. The predicted octanol–water partition coefficient (Wildman–Crippen LogP) is 5.86. The van der Waals surface area contributed by atoms with Crippen molar-refractivity contribution in [3.05, 3.63) is 82.9 Å². The van der Waals surface area contributed by atoms with E-state index in [0.29, 0.717) is 23.4 Å². The van der Waals surface area contributed by atoms with Crippen LogP contribution in [0, 0.1) is 10.1 Å². The predicted molar refractivity (Wildman–Crippen MR) is 114 cm³/mol. The number of azo groups is 1. The van der Waals surface area contributed by atoms with Crippen LogP contribution in [0.25, 0.3) is 11.1 Å². The van der Waals surface area contributed by atoms with Crippen LogP contribution in [0.1, 0.15) is 13.3 Å². The molecular weight excluding hydrogens is 368 g/mol. The van der Waals surface area contributed by atoms with E-state index in [0.717, 1.165) is 11.3 Å². The molecule has 7 nitrogen and oxygen atoms in total. The van der Waals surface area contributed by atoms with E-state index < -0.39 is 0 Å². The molecule has 0 fully saturated rings. The molecule has 0 aliphatic rings. The molecule has 0 radical (unpaired) electrons. The Morgan fingerprint density at radius 3 is 2.41 bits per heavy atom. The number of rotatable bonds is 8. The summed E-state index contributed by atoms with van der Waals surface area (Å²) in [6.07, 6.45) is 0.637. The van der Waals surface area contributed by atoms with E-state index in [1.54, 1.807) is 42.5 Å². The minimum atomic E-state index is -0.384. The molecule has 7 heteroatoms. The van der Waals surface area contributed by atoms with Crippen molar-refractivity contribution in [3.8, 4) is 11.1 Å². The van der Waals surface area contributed by atoms with Crippen LogP contribution in [0.3, 0.4) is 0 Å². The molecule has 0 saturated heterocycles. The van der Waals surface area contributed by atoms with Gasteiger partial charge >= 0.3 is 0 Å². The lowest BCUT2D eigenvalue weighted by atomic mass is 10.0. The molecule has 0 saturated carbocycles. The maximum atomic E-state index is 11.2. The normalized spacial score (nSPS) is 12.1. The first-order valence-electron chi connectivity index (χ1n) is 9.30. The van der Waals surface area contributed by atoms with Gasteiger partial charge in [0.05, 0.1) is 21.9 Å². The number of hydrogen-bond donors (Lipinski definition) is 2. The fourth-order valence-corrected chi connectivity index (χ4v) is 2.91. The van der Waals surface area contributed by atoms with Crippen molar-refractivity contribution >= 4 is 22.7 Å². The van der Waals surface area contributed by atoms with Crippen molar-refractivity contribution in [3.63, 3.8) is 0 Å². The van der Waals surface area contributed by atoms with Crippen LogP contribution < -0.4 is 5.32 Å². The Balaban J connectivity index is 1.79. The fraction of sp³-hybridized carbons (Fsp3) is 0.182. The van der Waals surface area contributed by atoms with Crippen LogP contribution in [-0.2, 0) is 0 Å². The van der Waals surface area contributed by atoms with Gasteiger partial charge in [0.1, 0.15) is 5.69 Å². The smallest absolute Gasteiger partial charge is 0.277 e. The molecule has 148 valence electrons. The Bertz CT molecular complexity index is 1000.